The number of carbonyl (C=O) groups is 4. The van der Waals surface area contributed by atoms with Crippen LogP contribution in [0, 0.1) is 23.7 Å². The first-order valence-corrected chi connectivity index (χ1v) is 8.51. The first-order valence-electron chi connectivity index (χ1n) is 8.51. The molecule has 1 saturated carbocycles. The molecule has 7 nitrogen and oxygen atoms in total. The maximum atomic E-state index is 12.6. The number of methoxy groups -OCH3 is 1. The fourth-order valence-corrected chi connectivity index (χ4v) is 4.27. The van der Waals surface area contributed by atoms with Crippen molar-refractivity contribution in [3.05, 3.63) is 42.0 Å². The number of nitrogens with zero attached hydrogens (tertiary/aromatic N) is 1. The van der Waals surface area contributed by atoms with Crippen LogP contribution in [0.2, 0.25) is 0 Å². The summed E-state index contributed by atoms with van der Waals surface area (Å²) in [6, 6.07) is 6.19. The maximum absolute atomic E-state index is 12.6. The molecule has 2 aliphatic carbocycles. The van der Waals surface area contributed by atoms with E-state index in [1.807, 2.05) is 12.2 Å². The summed E-state index contributed by atoms with van der Waals surface area (Å²) in [5, 5.41) is 2.65. The summed E-state index contributed by atoms with van der Waals surface area (Å²) in [7, 11) is 1.29. The number of ether oxygens (including phenoxy) is 1. The quantitative estimate of drug-likeness (QED) is 0.499. The van der Waals surface area contributed by atoms with Gasteiger partial charge in [-0.2, -0.15) is 0 Å². The third kappa shape index (κ3) is 2.51. The fourth-order valence-electron chi connectivity index (χ4n) is 4.27. The average molecular weight is 354 g/mol. The molecule has 1 aromatic rings. The average Bonchev–Trinajstić information content (AvgIpc) is 3.32. The zero-order chi connectivity index (χ0) is 18.4. The Labute approximate surface area is 150 Å². The molecule has 134 valence electrons. The van der Waals surface area contributed by atoms with Gasteiger partial charge in [0.2, 0.25) is 17.7 Å². The Kier molecular flexibility index (Phi) is 3.86. The van der Waals surface area contributed by atoms with E-state index in [1.165, 1.54) is 19.2 Å². The number of rotatable bonds is 4. The minimum atomic E-state index is -0.467. The highest BCUT2D eigenvalue weighted by Crippen LogP contribution is 2.52. The van der Waals surface area contributed by atoms with Crippen molar-refractivity contribution in [2.75, 3.05) is 19.0 Å². The van der Waals surface area contributed by atoms with Crippen molar-refractivity contribution in [3.8, 4) is 0 Å². The summed E-state index contributed by atoms with van der Waals surface area (Å²) < 4.78 is 4.62. The zero-order valence-corrected chi connectivity index (χ0v) is 14.2. The van der Waals surface area contributed by atoms with Gasteiger partial charge in [-0.15, -0.1) is 0 Å². The molecule has 1 aliphatic heterocycles. The van der Waals surface area contributed by atoms with Crippen LogP contribution in [0.1, 0.15) is 16.8 Å². The van der Waals surface area contributed by atoms with Crippen LogP contribution in [0.4, 0.5) is 5.69 Å². The largest absolute Gasteiger partial charge is 0.465 e. The number of amides is 3. The third-order valence-corrected chi connectivity index (χ3v) is 5.45. The second kappa shape index (κ2) is 6.09. The van der Waals surface area contributed by atoms with Crippen LogP contribution in [0.3, 0.4) is 0 Å². The summed E-state index contributed by atoms with van der Waals surface area (Å²) in [6.45, 7) is -0.289. The van der Waals surface area contributed by atoms with E-state index in [0.29, 0.717) is 11.3 Å². The molecule has 4 rings (SSSR count). The number of allylic oxidation sites excluding steroid dienone is 2. The lowest BCUT2D eigenvalue weighted by atomic mass is 9.85. The summed E-state index contributed by atoms with van der Waals surface area (Å²) >= 11 is 0. The lowest BCUT2D eigenvalue weighted by Crippen LogP contribution is -2.39. The van der Waals surface area contributed by atoms with E-state index in [2.05, 4.69) is 10.1 Å². The van der Waals surface area contributed by atoms with E-state index in [-0.39, 0.29) is 42.0 Å². The molecule has 1 saturated heterocycles. The van der Waals surface area contributed by atoms with E-state index in [0.717, 1.165) is 11.3 Å². The minimum Gasteiger partial charge on any atom is -0.465 e. The second-order valence-corrected chi connectivity index (χ2v) is 6.88. The Morgan fingerprint density at radius 3 is 2.19 bits per heavy atom. The molecule has 3 aliphatic rings. The number of hydrogen-bond acceptors (Lipinski definition) is 5. The van der Waals surface area contributed by atoms with Crippen molar-refractivity contribution in [1.82, 2.24) is 4.90 Å². The van der Waals surface area contributed by atoms with Gasteiger partial charge in [-0.05, 0) is 42.5 Å². The molecule has 26 heavy (non-hydrogen) atoms. The number of carbonyl (C=O) groups excluding carboxylic acids is 4. The Bertz CT molecular complexity index is 799. The van der Waals surface area contributed by atoms with E-state index in [4.69, 9.17) is 0 Å². The van der Waals surface area contributed by atoms with Crippen molar-refractivity contribution >= 4 is 29.4 Å². The smallest absolute Gasteiger partial charge is 0.337 e. The summed E-state index contributed by atoms with van der Waals surface area (Å²) in [5.41, 5.74) is 0.842. The minimum absolute atomic E-state index is 0.125. The Hall–Kier alpha value is -2.96. The monoisotopic (exact) mass is 354 g/mol. The molecule has 0 aromatic heterocycles. The van der Waals surface area contributed by atoms with Gasteiger partial charge in [-0.25, -0.2) is 4.79 Å². The van der Waals surface area contributed by atoms with Crippen LogP contribution >= 0.6 is 0 Å². The van der Waals surface area contributed by atoms with Gasteiger partial charge in [0.1, 0.15) is 6.54 Å². The topological polar surface area (TPSA) is 92.8 Å². The van der Waals surface area contributed by atoms with Gasteiger partial charge < -0.3 is 10.1 Å². The van der Waals surface area contributed by atoms with Crippen molar-refractivity contribution in [3.63, 3.8) is 0 Å². The number of nitrogens with one attached hydrogen (secondary N) is 1. The van der Waals surface area contributed by atoms with Crippen LogP contribution in [0.25, 0.3) is 0 Å². The van der Waals surface area contributed by atoms with E-state index < -0.39 is 11.9 Å². The molecule has 2 fully saturated rings. The fraction of sp³-hybridized carbons (Fsp3) is 0.368. The lowest BCUT2D eigenvalue weighted by molar-refractivity contribution is -0.143. The Morgan fingerprint density at radius 1 is 1.08 bits per heavy atom. The van der Waals surface area contributed by atoms with Gasteiger partial charge in [0.05, 0.1) is 24.5 Å². The standard InChI is InChI=1S/C19H18N2O5/c1-26-19(25)10-4-6-13(7-5-10)20-14(22)9-21-17(23)15-11-2-3-12(8-11)16(15)18(21)24/h2-7,11-12,15-16H,8-9H2,1H3,(H,20,22)/t11-,12-,15-,16+/m0/s1. The molecule has 1 aromatic carbocycles. The second-order valence-electron chi connectivity index (χ2n) is 6.88. The van der Waals surface area contributed by atoms with Gasteiger partial charge in [-0.1, -0.05) is 12.2 Å². The molecule has 7 heteroatoms. The predicted molar refractivity (Wildman–Crippen MR) is 90.8 cm³/mol. The van der Waals surface area contributed by atoms with E-state index in [9.17, 15) is 19.2 Å². The van der Waals surface area contributed by atoms with Crippen LogP contribution in [-0.4, -0.2) is 42.2 Å². The third-order valence-electron chi connectivity index (χ3n) is 5.45. The number of hydrogen-bond donors (Lipinski definition) is 1. The molecular formula is C19H18N2O5. The van der Waals surface area contributed by atoms with Gasteiger partial charge in [0.15, 0.2) is 0 Å². The van der Waals surface area contributed by atoms with Gasteiger partial charge in [0, 0.05) is 5.69 Å². The number of esters is 1. The van der Waals surface area contributed by atoms with E-state index >= 15 is 0 Å². The van der Waals surface area contributed by atoms with Crippen LogP contribution < -0.4 is 5.32 Å². The highest BCUT2D eigenvalue weighted by Gasteiger charge is 2.59. The lowest BCUT2D eigenvalue weighted by Gasteiger charge is -2.16. The maximum Gasteiger partial charge on any atom is 0.337 e. The summed E-state index contributed by atoms with van der Waals surface area (Å²) in [5.74, 6) is -1.75. The van der Waals surface area contributed by atoms with Crippen LogP contribution in [0.5, 0.6) is 0 Å². The van der Waals surface area contributed by atoms with E-state index in [1.54, 1.807) is 12.1 Å². The molecule has 2 bridgehead atoms. The summed E-state index contributed by atoms with van der Waals surface area (Å²) in [6.07, 6.45) is 4.90. The first-order chi connectivity index (χ1) is 12.5. The Morgan fingerprint density at radius 2 is 1.65 bits per heavy atom. The van der Waals surface area contributed by atoms with Gasteiger partial charge in [0.25, 0.3) is 0 Å². The highest BCUT2D eigenvalue weighted by atomic mass is 16.5. The van der Waals surface area contributed by atoms with Crippen molar-refractivity contribution in [2.24, 2.45) is 23.7 Å². The van der Waals surface area contributed by atoms with Crippen LogP contribution in [-0.2, 0) is 19.1 Å². The number of anilines is 1. The van der Waals surface area contributed by atoms with Gasteiger partial charge in [-0.3, -0.25) is 19.3 Å². The predicted octanol–water partition coefficient (Wildman–Crippen LogP) is 1.22. The zero-order valence-electron chi connectivity index (χ0n) is 14.2. The number of benzene rings is 1. The van der Waals surface area contributed by atoms with Gasteiger partial charge >= 0.3 is 5.97 Å². The molecule has 1 heterocycles. The number of imide groups is 1. The van der Waals surface area contributed by atoms with Crippen molar-refractivity contribution in [2.45, 2.75) is 6.42 Å². The highest BCUT2D eigenvalue weighted by molar-refractivity contribution is 6.09. The molecular weight excluding hydrogens is 336 g/mol. The summed E-state index contributed by atoms with van der Waals surface area (Å²) in [4.78, 5) is 49.9. The molecule has 1 N–H and O–H groups in total. The molecule has 0 unspecified atom stereocenters. The Balaban J connectivity index is 1.40. The molecule has 0 spiro atoms. The molecule has 3 amide bonds. The number of likely N-dealkylation sites (tertiary alicyclic amines) is 1. The van der Waals surface area contributed by atoms with Crippen molar-refractivity contribution in [1.29, 1.82) is 0 Å². The normalized spacial score (nSPS) is 28.4. The molecule has 4 atom stereocenters. The molecule has 0 radical (unpaired) electrons. The SMILES string of the molecule is COC(=O)c1ccc(NC(=O)CN2C(=O)[C@@H]3[C@H](C2=O)[C@H]2C=C[C@H]3C2)cc1. The first kappa shape index (κ1) is 16.5. The van der Waals surface area contributed by atoms with Crippen LogP contribution in [0.15, 0.2) is 36.4 Å². The van der Waals surface area contributed by atoms with Crippen molar-refractivity contribution < 1.29 is 23.9 Å². The number of fused-ring (bicyclic) bond motifs is 5.